The first-order valence-electron chi connectivity index (χ1n) is 14.2. The molecule has 0 spiro atoms. The van der Waals surface area contributed by atoms with Crippen molar-refractivity contribution >= 4 is 12.2 Å². The van der Waals surface area contributed by atoms with Crippen LogP contribution in [0.1, 0.15) is 41.9 Å². The van der Waals surface area contributed by atoms with E-state index in [2.05, 4.69) is 120 Å². The highest BCUT2D eigenvalue weighted by Crippen LogP contribution is 2.34. The van der Waals surface area contributed by atoms with Crippen LogP contribution in [0, 0.1) is 0 Å². The van der Waals surface area contributed by atoms with Crippen molar-refractivity contribution in [3.05, 3.63) is 137 Å². The Morgan fingerprint density at radius 2 is 1.49 bits per heavy atom. The highest BCUT2D eigenvalue weighted by molar-refractivity contribution is 5.74. The molecule has 1 unspecified atom stereocenters. The molecule has 0 amide bonds. The highest BCUT2D eigenvalue weighted by Gasteiger charge is 2.20. The molecule has 0 bridgehead atoms. The molecule has 0 saturated carbocycles. The minimum Gasteiger partial charge on any atom is -0.487 e. The van der Waals surface area contributed by atoms with Crippen LogP contribution in [0.4, 0.5) is 0 Å². The molecular formula is C37H33NO. The molecule has 1 heterocycles. The van der Waals surface area contributed by atoms with Gasteiger partial charge in [-0.3, -0.25) is 0 Å². The maximum atomic E-state index is 6.37. The summed E-state index contributed by atoms with van der Waals surface area (Å²) in [6, 6.07) is 34.6. The van der Waals surface area contributed by atoms with Crippen LogP contribution in [-0.4, -0.2) is 4.57 Å². The fourth-order valence-electron chi connectivity index (χ4n) is 6.35. The van der Waals surface area contributed by atoms with E-state index in [1.807, 2.05) is 6.07 Å². The quantitative estimate of drug-likeness (QED) is 0.223. The summed E-state index contributed by atoms with van der Waals surface area (Å²) in [5.41, 5.74) is 9.28. The normalized spacial score (nSPS) is 15.3. The molecule has 4 aromatic carbocycles. The molecule has 0 radical (unpaired) electrons. The molecule has 7 rings (SSSR count). The second-order valence-corrected chi connectivity index (χ2v) is 10.8. The first-order chi connectivity index (χ1) is 19.3. The summed E-state index contributed by atoms with van der Waals surface area (Å²) < 4.78 is 8.70. The SMILES string of the molecule is C1=c2c(ccc3c2=CCCC3CCn2cc(OCc3ccccc3)c(-c3ccccc3)c2)-c2ccccc2C1. The molecule has 5 aromatic rings. The van der Waals surface area contributed by atoms with Crippen molar-refractivity contribution in [1.82, 2.24) is 4.57 Å². The van der Waals surface area contributed by atoms with Gasteiger partial charge in [0.1, 0.15) is 12.4 Å². The minimum absolute atomic E-state index is 0.567. The lowest BCUT2D eigenvalue weighted by atomic mass is 9.81. The number of nitrogens with zero attached hydrogens (tertiary/aromatic N) is 1. The highest BCUT2D eigenvalue weighted by atomic mass is 16.5. The summed E-state index contributed by atoms with van der Waals surface area (Å²) in [5.74, 6) is 1.52. The van der Waals surface area contributed by atoms with E-state index < -0.39 is 0 Å². The average Bonchev–Trinajstić information content (AvgIpc) is 3.42. The molecule has 1 aromatic heterocycles. The van der Waals surface area contributed by atoms with Gasteiger partial charge in [0.15, 0.2) is 0 Å². The Balaban J connectivity index is 1.14. The molecule has 2 nitrogen and oxygen atoms in total. The van der Waals surface area contributed by atoms with E-state index >= 15 is 0 Å². The molecule has 2 heteroatoms. The lowest BCUT2D eigenvalue weighted by molar-refractivity contribution is 0.307. The predicted molar refractivity (Wildman–Crippen MR) is 161 cm³/mol. The van der Waals surface area contributed by atoms with Crippen LogP contribution in [-0.2, 0) is 19.6 Å². The second-order valence-electron chi connectivity index (χ2n) is 10.8. The number of ether oxygens (including phenoxy) is 1. The van der Waals surface area contributed by atoms with Crippen molar-refractivity contribution in [3.8, 4) is 28.0 Å². The van der Waals surface area contributed by atoms with E-state index in [0.29, 0.717) is 12.5 Å². The molecule has 1 atom stereocenters. The van der Waals surface area contributed by atoms with Crippen LogP contribution < -0.4 is 15.2 Å². The van der Waals surface area contributed by atoms with Crippen LogP contribution in [0.15, 0.2) is 109 Å². The Kier molecular flexibility index (Phi) is 6.38. The monoisotopic (exact) mass is 507 g/mol. The van der Waals surface area contributed by atoms with Gasteiger partial charge in [0.2, 0.25) is 0 Å². The number of aryl methyl sites for hydroxylation is 1. The summed E-state index contributed by atoms with van der Waals surface area (Å²) in [5, 5.41) is 2.92. The van der Waals surface area contributed by atoms with Gasteiger partial charge in [0, 0.05) is 24.5 Å². The van der Waals surface area contributed by atoms with Gasteiger partial charge in [-0.15, -0.1) is 0 Å². The lowest BCUT2D eigenvalue weighted by Gasteiger charge is -2.24. The molecular weight excluding hydrogens is 474 g/mol. The van der Waals surface area contributed by atoms with Gasteiger partial charge >= 0.3 is 0 Å². The van der Waals surface area contributed by atoms with E-state index in [9.17, 15) is 0 Å². The number of rotatable bonds is 7. The van der Waals surface area contributed by atoms with Crippen LogP contribution in [0.3, 0.4) is 0 Å². The standard InChI is InChI=1S/C37H33NO/c1-3-10-27(11-4-1)26-39-37-25-38(24-36(37)28-12-5-2-6-13-28)23-22-30-15-9-17-33-32(30)20-21-34-31-16-8-7-14-29(31)18-19-35(33)34/h1-8,10-14,16-17,19-21,24-25,30H,9,15,18,22-23,26H2. The maximum absolute atomic E-state index is 6.37. The van der Waals surface area contributed by atoms with E-state index in [1.54, 1.807) is 0 Å². The molecule has 0 aliphatic heterocycles. The van der Waals surface area contributed by atoms with Crippen molar-refractivity contribution in [2.75, 3.05) is 0 Å². The van der Waals surface area contributed by atoms with Gasteiger partial charge in [-0.1, -0.05) is 109 Å². The first-order valence-corrected chi connectivity index (χ1v) is 14.2. The summed E-state index contributed by atoms with van der Waals surface area (Å²) >= 11 is 0. The fraction of sp³-hybridized carbons (Fsp3) is 0.189. The van der Waals surface area contributed by atoms with E-state index in [-0.39, 0.29) is 0 Å². The van der Waals surface area contributed by atoms with Crippen molar-refractivity contribution in [2.45, 2.75) is 44.8 Å². The Hall–Kier alpha value is -4.30. The van der Waals surface area contributed by atoms with Gasteiger partial charge in [0.05, 0.1) is 0 Å². The largest absolute Gasteiger partial charge is 0.487 e. The van der Waals surface area contributed by atoms with E-state index in [0.717, 1.165) is 37.1 Å². The number of fused-ring (bicyclic) bond motifs is 5. The van der Waals surface area contributed by atoms with Crippen molar-refractivity contribution < 1.29 is 4.74 Å². The zero-order valence-corrected chi connectivity index (χ0v) is 22.2. The summed E-state index contributed by atoms with van der Waals surface area (Å²) in [7, 11) is 0. The number of hydrogen-bond acceptors (Lipinski definition) is 1. The third kappa shape index (κ3) is 4.72. The third-order valence-electron chi connectivity index (χ3n) is 8.36. The molecule has 0 fully saturated rings. The third-order valence-corrected chi connectivity index (χ3v) is 8.36. The number of aromatic nitrogens is 1. The molecule has 0 saturated heterocycles. The Labute approximate surface area is 230 Å². The van der Waals surface area contributed by atoms with Crippen molar-refractivity contribution in [3.63, 3.8) is 0 Å². The van der Waals surface area contributed by atoms with Gasteiger partial charge in [-0.2, -0.15) is 0 Å². The summed E-state index contributed by atoms with van der Waals surface area (Å²) in [6.45, 7) is 1.55. The zero-order valence-electron chi connectivity index (χ0n) is 22.2. The van der Waals surface area contributed by atoms with E-state index in [1.165, 1.54) is 50.2 Å². The van der Waals surface area contributed by atoms with Gasteiger partial charge in [-0.25, -0.2) is 0 Å². The van der Waals surface area contributed by atoms with Gasteiger partial charge < -0.3 is 9.30 Å². The molecule has 2 aliphatic carbocycles. The Morgan fingerprint density at radius 1 is 0.692 bits per heavy atom. The maximum Gasteiger partial charge on any atom is 0.145 e. The second kappa shape index (κ2) is 10.5. The zero-order chi connectivity index (χ0) is 26.0. The molecule has 192 valence electrons. The van der Waals surface area contributed by atoms with Crippen molar-refractivity contribution in [1.29, 1.82) is 0 Å². The lowest BCUT2D eigenvalue weighted by Crippen LogP contribution is -2.35. The molecule has 0 N–H and O–H groups in total. The van der Waals surface area contributed by atoms with Crippen LogP contribution in [0.25, 0.3) is 34.4 Å². The summed E-state index contributed by atoms with van der Waals surface area (Å²) in [4.78, 5) is 0. The van der Waals surface area contributed by atoms with Crippen LogP contribution in [0.2, 0.25) is 0 Å². The molecule has 2 aliphatic rings. The summed E-state index contributed by atoms with van der Waals surface area (Å²) in [6.07, 6.45) is 13.9. The Morgan fingerprint density at radius 3 is 2.36 bits per heavy atom. The van der Waals surface area contributed by atoms with Crippen LogP contribution in [0.5, 0.6) is 5.75 Å². The fourth-order valence-corrected chi connectivity index (χ4v) is 6.35. The topological polar surface area (TPSA) is 14.2 Å². The first kappa shape index (κ1) is 23.8. The number of hydrogen-bond donors (Lipinski definition) is 0. The predicted octanol–water partition coefficient (Wildman–Crippen LogP) is 7.49. The van der Waals surface area contributed by atoms with Gasteiger partial charge in [-0.05, 0) is 75.4 Å². The van der Waals surface area contributed by atoms with E-state index in [4.69, 9.17) is 4.74 Å². The average molecular weight is 508 g/mol. The smallest absolute Gasteiger partial charge is 0.145 e. The minimum atomic E-state index is 0.567. The van der Waals surface area contributed by atoms with Crippen molar-refractivity contribution in [2.24, 2.45) is 0 Å². The van der Waals surface area contributed by atoms with Crippen LogP contribution >= 0.6 is 0 Å². The Bertz CT molecular complexity index is 1730. The number of benzene rings is 4. The molecule has 39 heavy (non-hydrogen) atoms. The van der Waals surface area contributed by atoms with Gasteiger partial charge in [0.25, 0.3) is 0 Å².